The van der Waals surface area contributed by atoms with E-state index in [1.165, 1.54) is 12.0 Å². The average molecular weight is 315 g/mol. The molecule has 0 aliphatic heterocycles. The third-order valence-electron chi connectivity index (χ3n) is 2.65. The van der Waals surface area contributed by atoms with Crippen LogP contribution in [0.25, 0.3) is 0 Å². The molecule has 0 saturated heterocycles. The molecule has 0 aliphatic rings. The zero-order chi connectivity index (χ0) is 16.0. The highest BCUT2D eigenvalue weighted by atomic mass is 32.1. The van der Waals surface area contributed by atoms with Crippen molar-refractivity contribution in [3.05, 3.63) is 15.6 Å². The molecule has 2 amide bonds. The molecule has 0 aliphatic carbocycles. The van der Waals surface area contributed by atoms with Crippen molar-refractivity contribution in [1.29, 1.82) is 0 Å². The molecule has 1 aromatic heterocycles. The number of thiazole rings is 1. The van der Waals surface area contributed by atoms with Crippen LogP contribution in [0.5, 0.6) is 0 Å². The number of carboxylic acid groups (broad SMARTS) is 1. The summed E-state index contributed by atoms with van der Waals surface area (Å²) >= 11 is 1.03. The first-order valence-electron chi connectivity index (χ1n) is 6.10. The summed E-state index contributed by atoms with van der Waals surface area (Å²) in [6.07, 6.45) is 0.111. The molecular formula is C12H17N3O5S. The monoisotopic (exact) mass is 315 g/mol. The summed E-state index contributed by atoms with van der Waals surface area (Å²) in [5.74, 6) is -1.42. The van der Waals surface area contributed by atoms with E-state index >= 15 is 0 Å². The third kappa shape index (κ3) is 5.03. The zero-order valence-electron chi connectivity index (χ0n) is 12.0. The number of hydrogen-bond donors (Lipinski definition) is 2. The molecule has 0 radical (unpaired) electrons. The van der Waals surface area contributed by atoms with E-state index in [-0.39, 0.29) is 30.4 Å². The standard InChI is InChI=1S/C12H17N3O5S/c1-7-10(11(17)18)21-8(14-7)6-13-12(19)15(2)5-4-9(16)20-3/h4-6H2,1-3H3,(H,13,19)(H,17,18). The number of carbonyl (C=O) groups excluding carboxylic acids is 2. The molecule has 0 unspecified atom stereocenters. The summed E-state index contributed by atoms with van der Waals surface area (Å²) in [6.45, 7) is 1.98. The summed E-state index contributed by atoms with van der Waals surface area (Å²) in [5.41, 5.74) is 0.427. The fraction of sp³-hybridized carbons (Fsp3) is 0.500. The molecule has 0 aromatic carbocycles. The Morgan fingerprint density at radius 1 is 1.43 bits per heavy atom. The molecule has 9 heteroatoms. The lowest BCUT2D eigenvalue weighted by Gasteiger charge is -2.16. The first-order chi connectivity index (χ1) is 9.85. The van der Waals surface area contributed by atoms with Crippen molar-refractivity contribution in [3.8, 4) is 0 Å². The highest BCUT2D eigenvalue weighted by Crippen LogP contribution is 2.17. The lowest BCUT2D eigenvalue weighted by atomic mass is 10.4. The van der Waals surface area contributed by atoms with Crippen molar-refractivity contribution >= 4 is 29.3 Å². The molecule has 1 rings (SSSR count). The Balaban J connectivity index is 2.47. The SMILES string of the molecule is COC(=O)CCN(C)C(=O)NCc1nc(C)c(C(=O)O)s1. The van der Waals surface area contributed by atoms with Gasteiger partial charge in [-0.3, -0.25) is 4.79 Å². The molecule has 1 aromatic rings. The molecule has 116 valence electrons. The fourth-order valence-corrected chi connectivity index (χ4v) is 2.32. The van der Waals surface area contributed by atoms with Gasteiger partial charge in [0.1, 0.15) is 9.88 Å². The number of aromatic nitrogens is 1. The van der Waals surface area contributed by atoms with Gasteiger partial charge in [-0.1, -0.05) is 0 Å². The predicted molar refractivity (Wildman–Crippen MR) is 75.3 cm³/mol. The van der Waals surface area contributed by atoms with Crippen molar-refractivity contribution in [3.63, 3.8) is 0 Å². The van der Waals surface area contributed by atoms with E-state index in [1.807, 2.05) is 0 Å². The summed E-state index contributed by atoms with van der Waals surface area (Å²) < 4.78 is 4.49. The third-order valence-corrected chi connectivity index (χ3v) is 3.80. The molecular weight excluding hydrogens is 298 g/mol. The predicted octanol–water partition coefficient (Wildman–Crippen LogP) is 0.854. The quantitative estimate of drug-likeness (QED) is 0.753. The molecule has 0 saturated carbocycles. The largest absolute Gasteiger partial charge is 0.477 e. The van der Waals surface area contributed by atoms with E-state index in [1.54, 1.807) is 14.0 Å². The van der Waals surface area contributed by atoms with Gasteiger partial charge in [-0.25, -0.2) is 14.6 Å². The van der Waals surface area contributed by atoms with Gasteiger partial charge in [0.15, 0.2) is 0 Å². The summed E-state index contributed by atoms with van der Waals surface area (Å²) in [6, 6.07) is -0.372. The molecule has 0 bridgehead atoms. The van der Waals surface area contributed by atoms with Crippen LogP contribution in [-0.4, -0.2) is 53.7 Å². The molecule has 8 nitrogen and oxygen atoms in total. The van der Waals surface area contributed by atoms with Crippen LogP contribution in [0.3, 0.4) is 0 Å². The van der Waals surface area contributed by atoms with Crippen LogP contribution >= 0.6 is 11.3 Å². The van der Waals surface area contributed by atoms with Gasteiger partial charge in [-0.15, -0.1) is 11.3 Å². The van der Waals surface area contributed by atoms with Crippen LogP contribution in [0, 0.1) is 6.92 Å². The van der Waals surface area contributed by atoms with Gasteiger partial charge >= 0.3 is 18.0 Å². The summed E-state index contributed by atoms with van der Waals surface area (Å²) in [4.78, 5) is 39.2. The maximum absolute atomic E-state index is 11.8. The number of urea groups is 1. The lowest BCUT2D eigenvalue weighted by molar-refractivity contribution is -0.140. The van der Waals surface area contributed by atoms with Gasteiger partial charge in [0.05, 0.1) is 25.8 Å². The van der Waals surface area contributed by atoms with Crippen LogP contribution in [0.1, 0.15) is 26.8 Å². The summed E-state index contributed by atoms with van der Waals surface area (Å²) in [7, 11) is 2.83. The van der Waals surface area contributed by atoms with Crippen LogP contribution in [0.2, 0.25) is 0 Å². The fourth-order valence-electron chi connectivity index (χ4n) is 1.48. The number of nitrogens with zero attached hydrogens (tertiary/aromatic N) is 2. The van der Waals surface area contributed by atoms with E-state index in [4.69, 9.17) is 5.11 Å². The van der Waals surface area contributed by atoms with Crippen molar-refractivity contribution < 1.29 is 24.2 Å². The smallest absolute Gasteiger partial charge is 0.347 e. The van der Waals surface area contributed by atoms with Gasteiger partial charge in [0.25, 0.3) is 0 Å². The number of aromatic carboxylic acids is 1. The minimum atomic E-state index is -1.03. The number of nitrogens with one attached hydrogen (secondary N) is 1. The van der Waals surface area contributed by atoms with E-state index in [9.17, 15) is 14.4 Å². The molecule has 1 heterocycles. The number of rotatable bonds is 6. The maximum Gasteiger partial charge on any atom is 0.347 e. The minimum Gasteiger partial charge on any atom is -0.477 e. The van der Waals surface area contributed by atoms with E-state index in [2.05, 4.69) is 15.0 Å². The number of carboxylic acids is 1. The number of esters is 1. The van der Waals surface area contributed by atoms with Crippen LogP contribution < -0.4 is 5.32 Å². The van der Waals surface area contributed by atoms with Gasteiger partial charge in [-0.2, -0.15) is 0 Å². The Morgan fingerprint density at radius 3 is 2.62 bits per heavy atom. The van der Waals surface area contributed by atoms with Crippen LogP contribution in [-0.2, 0) is 16.1 Å². The Hall–Kier alpha value is -2.16. The van der Waals surface area contributed by atoms with Crippen molar-refractivity contribution in [1.82, 2.24) is 15.2 Å². The highest BCUT2D eigenvalue weighted by molar-refractivity contribution is 7.13. The number of amides is 2. The van der Waals surface area contributed by atoms with Gasteiger partial charge in [0.2, 0.25) is 0 Å². The van der Waals surface area contributed by atoms with Gasteiger partial charge < -0.3 is 20.1 Å². The van der Waals surface area contributed by atoms with Crippen molar-refractivity contribution in [2.75, 3.05) is 20.7 Å². The zero-order valence-corrected chi connectivity index (χ0v) is 12.8. The molecule has 0 fully saturated rings. The molecule has 0 spiro atoms. The number of ether oxygens (including phenoxy) is 1. The Bertz CT molecular complexity index is 543. The lowest BCUT2D eigenvalue weighted by Crippen LogP contribution is -2.38. The number of carbonyl (C=O) groups is 3. The van der Waals surface area contributed by atoms with Crippen molar-refractivity contribution in [2.24, 2.45) is 0 Å². The second-order valence-electron chi connectivity index (χ2n) is 4.23. The Kier molecular flexibility index (Phi) is 6.10. The summed E-state index contributed by atoms with van der Waals surface area (Å²) in [5, 5.41) is 12.0. The number of aryl methyl sites for hydroxylation is 1. The highest BCUT2D eigenvalue weighted by Gasteiger charge is 2.15. The van der Waals surface area contributed by atoms with Crippen molar-refractivity contribution in [2.45, 2.75) is 19.9 Å². The second kappa shape index (κ2) is 7.58. The molecule has 0 atom stereocenters. The van der Waals surface area contributed by atoms with Gasteiger partial charge in [-0.05, 0) is 6.92 Å². The normalized spacial score (nSPS) is 10.0. The topological polar surface area (TPSA) is 109 Å². The minimum absolute atomic E-state index is 0.111. The first kappa shape index (κ1) is 16.9. The number of hydrogen-bond acceptors (Lipinski definition) is 6. The van der Waals surface area contributed by atoms with E-state index < -0.39 is 11.9 Å². The van der Waals surface area contributed by atoms with E-state index in [0.717, 1.165) is 11.3 Å². The Morgan fingerprint density at radius 2 is 2.10 bits per heavy atom. The van der Waals surface area contributed by atoms with Crippen LogP contribution in [0.4, 0.5) is 4.79 Å². The second-order valence-corrected chi connectivity index (χ2v) is 5.32. The first-order valence-corrected chi connectivity index (χ1v) is 6.92. The van der Waals surface area contributed by atoms with E-state index in [0.29, 0.717) is 10.7 Å². The Labute approximate surface area is 125 Å². The maximum atomic E-state index is 11.8. The molecule has 2 N–H and O–H groups in total. The van der Waals surface area contributed by atoms with Crippen LogP contribution in [0.15, 0.2) is 0 Å². The number of methoxy groups -OCH3 is 1. The van der Waals surface area contributed by atoms with Gasteiger partial charge in [0, 0.05) is 13.6 Å². The average Bonchev–Trinajstić information content (AvgIpc) is 2.82. The molecule has 21 heavy (non-hydrogen) atoms.